The first-order chi connectivity index (χ1) is 16.3. The van der Waals surface area contributed by atoms with E-state index in [2.05, 4.69) is 39.3 Å². The van der Waals surface area contributed by atoms with E-state index in [1.54, 1.807) is 31.3 Å². The van der Waals surface area contributed by atoms with Crippen molar-refractivity contribution < 1.29 is 8.78 Å². The van der Waals surface area contributed by atoms with Gasteiger partial charge in [0.1, 0.15) is 11.6 Å². The van der Waals surface area contributed by atoms with Gasteiger partial charge < -0.3 is 14.7 Å². The monoisotopic (exact) mass is 485 g/mol. The van der Waals surface area contributed by atoms with Gasteiger partial charge in [0.2, 0.25) is 0 Å². The molecule has 0 amide bonds. The smallest absolute Gasteiger partial charge is 0.147 e. The molecule has 0 radical (unpaired) electrons. The molecule has 0 bridgehead atoms. The first kappa shape index (κ1) is 24.5. The van der Waals surface area contributed by atoms with E-state index in [0.717, 1.165) is 62.3 Å². The molecule has 0 spiro atoms. The summed E-state index contributed by atoms with van der Waals surface area (Å²) < 4.78 is 29.0. The van der Waals surface area contributed by atoms with Crippen LogP contribution in [0.25, 0.3) is 0 Å². The highest BCUT2D eigenvalue weighted by atomic mass is 32.1. The van der Waals surface area contributed by atoms with Crippen LogP contribution in [0.3, 0.4) is 0 Å². The largest absolute Gasteiger partial charge is 0.369 e. The number of halogens is 2. The van der Waals surface area contributed by atoms with Gasteiger partial charge in [-0.15, -0.1) is 0 Å². The van der Waals surface area contributed by atoms with Gasteiger partial charge in [0.05, 0.1) is 16.9 Å². The summed E-state index contributed by atoms with van der Waals surface area (Å²) >= 11 is 5.04. The minimum absolute atomic E-state index is 0.201. The first-order valence-corrected chi connectivity index (χ1v) is 12.3. The van der Waals surface area contributed by atoms with Gasteiger partial charge in [0.15, 0.2) is 0 Å². The third-order valence-electron chi connectivity index (χ3n) is 6.91. The van der Waals surface area contributed by atoms with Crippen molar-refractivity contribution in [2.75, 3.05) is 50.1 Å². The topological polar surface area (TPSA) is 34.1 Å². The van der Waals surface area contributed by atoms with E-state index in [4.69, 9.17) is 12.2 Å². The van der Waals surface area contributed by atoms with E-state index in [1.807, 2.05) is 12.1 Å². The van der Waals surface area contributed by atoms with E-state index >= 15 is 4.39 Å². The van der Waals surface area contributed by atoms with Gasteiger partial charge in [-0.1, -0.05) is 24.4 Å². The zero-order valence-corrected chi connectivity index (χ0v) is 20.9. The molecule has 4 rings (SSSR count). The van der Waals surface area contributed by atoms with Crippen molar-refractivity contribution >= 4 is 34.8 Å². The van der Waals surface area contributed by atoms with Crippen LogP contribution in [0.4, 0.5) is 20.2 Å². The van der Waals surface area contributed by atoms with Crippen LogP contribution in [0.5, 0.6) is 0 Å². The van der Waals surface area contributed by atoms with Gasteiger partial charge in [0, 0.05) is 43.5 Å². The molecule has 5 nitrogen and oxygen atoms in total. The molecule has 0 aromatic heterocycles. The van der Waals surface area contributed by atoms with E-state index in [1.165, 1.54) is 6.07 Å². The van der Waals surface area contributed by atoms with Crippen molar-refractivity contribution in [3.8, 4) is 0 Å². The number of piperidine rings is 1. The molecule has 8 heteroatoms. The van der Waals surface area contributed by atoms with Crippen molar-refractivity contribution in [1.29, 1.82) is 0 Å². The molecule has 0 aliphatic carbocycles. The highest BCUT2D eigenvalue weighted by Crippen LogP contribution is 2.36. The Morgan fingerprint density at radius 3 is 2.44 bits per heavy atom. The molecule has 182 valence electrons. The number of hydrogen-bond acceptors (Lipinski definition) is 5. The van der Waals surface area contributed by atoms with E-state index < -0.39 is 0 Å². The number of rotatable bonds is 6. The molecule has 2 aromatic carbocycles. The molecule has 2 saturated heterocycles. The molecule has 2 aliphatic heterocycles. The lowest BCUT2D eigenvalue weighted by molar-refractivity contribution is 0.315. The minimum atomic E-state index is -0.253. The van der Waals surface area contributed by atoms with Crippen LogP contribution in [0.15, 0.2) is 41.5 Å². The van der Waals surface area contributed by atoms with E-state index in [0.29, 0.717) is 22.6 Å². The molecule has 2 aromatic rings. The molecule has 1 atom stereocenters. The van der Waals surface area contributed by atoms with Crippen molar-refractivity contribution in [2.45, 2.75) is 38.1 Å². The second-order valence-corrected chi connectivity index (χ2v) is 10.1. The van der Waals surface area contributed by atoms with Crippen LogP contribution in [0, 0.1) is 11.6 Å². The summed E-state index contributed by atoms with van der Waals surface area (Å²) in [6.07, 6.45) is 4.45. The average Bonchev–Trinajstić information content (AvgIpc) is 3.30. The zero-order chi connectivity index (χ0) is 24.2. The number of likely N-dealkylation sites (N-methyl/N-ethyl adjacent to an activating group) is 1. The minimum Gasteiger partial charge on any atom is -0.369 e. The maximum absolute atomic E-state index is 15.3. The van der Waals surface area contributed by atoms with Crippen LogP contribution >= 0.6 is 12.2 Å². The number of nitrogens with zero attached hydrogens (tertiary/aromatic N) is 4. The Bertz CT molecular complexity index is 1050. The highest BCUT2D eigenvalue weighted by Gasteiger charge is 2.28. The third kappa shape index (κ3) is 5.73. The molecule has 0 unspecified atom stereocenters. The van der Waals surface area contributed by atoms with Gasteiger partial charge in [-0.2, -0.15) is 5.10 Å². The number of nitrogens with one attached hydrogen (secondary N) is 1. The van der Waals surface area contributed by atoms with Crippen molar-refractivity contribution in [1.82, 2.24) is 10.3 Å². The lowest BCUT2D eigenvalue weighted by Gasteiger charge is -2.35. The predicted octanol–water partition coefficient (Wildman–Crippen LogP) is 4.76. The van der Waals surface area contributed by atoms with Gasteiger partial charge >= 0.3 is 0 Å². The second-order valence-electron chi connectivity index (χ2n) is 9.46. The maximum atomic E-state index is 15.3. The second kappa shape index (κ2) is 10.8. The molecule has 2 fully saturated rings. The maximum Gasteiger partial charge on any atom is 0.147 e. The number of hydrogen-bond donors (Lipinski definition) is 1. The molecule has 0 saturated carbocycles. The molecule has 2 aliphatic rings. The first-order valence-electron chi connectivity index (χ1n) is 11.9. The van der Waals surface area contributed by atoms with Gasteiger partial charge in [-0.25, -0.2) is 8.78 Å². The van der Waals surface area contributed by atoms with Gasteiger partial charge in [0.25, 0.3) is 0 Å². The number of thiocarbonyl (C=S) groups is 1. The molecule has 34 heavy (non-hydrogen) atoms. The Kier molecular flexibility index (Phi) is 7.78. The van der Waals surface area contributed by atoms with E-state index in [9.17, 15) is 4.39 Å². The standard InChI is InChI=1S/C26H33F2N5S/c1-18(34)30-29-16-21-14-24(28)26(15-25(21)33-12-9-23(17-33)31(2)3)32-10-7-19(8-11-32)20-5-4-6-22(27)13-20/h4-6,13-16,19,23H,7-12,17H2,1-3H3,(H,30,34)/b29-16+/t23-/m1/s1. The predicted molar refractivity (Wildman–Crippen MR) is 140 cm³/mol. The molecular weight excluding hydrogens is 452 g/mol. The Morgan fingerprint density at radius 2 is 1.79 bits per heavy atom. The lowest BCUT2D eigenvalue weighted by Crippen LogP contribution is -2.34. The fourth-order valence-corrected chi connectivity index (χ4v) is 5.03. The van der Waals surface area contributed by atoms with Crippen molar-refractivity contribution in [3.63, 3.8) is 0 Å². The third-order valence-corrected chi connectivity index (χ3v) is 7.00. The van der Waals surface area contributed by atoms with Crippen molar-refractivity contribution in [3.05, 3.63) is 59.2 Å². The summed E-state index contributed by atoms with van der Waals surface area (Å²) in [4.78, 5) is 7.24. The van der Waals surface area contributed by atoms with Crippen LogP contribution < -0.4 is 15.2 Å². The van der Waals surface area contributed by atoms with Crippen molar-refractivity contribution in [2.24, 2.45) is 5.10 Å². The van der Waals surface area contributed by atoms with Crippen LogP contribution in [-0.4, -0.2) is 62.4 Å². The fourth-order valence-electron chi connectivity index (χ4n) is 4.97. The van der Waals surface area contributed by atoms with Crippen LogP contribution in [0.2, 0.25) is 0 Å². The summed E-state index contributed by atoms with van der Waals surface area (Å²) in [7, 11) is 4.20. The number of benzene rings is 2. The normalized spacial score (nSPS) is 19.4. The Morgan fingerprint density at radius 1 is 1.06 bits per heavy atom. The summed E-state index contributed by atoms with van der Waals surface area (Å²) in [5, 5.41) is 4.20. The SMILES string of the molecule is CC(=S)N/N=C/c1cc(F)c(N2CCC(c3cccc(F)c3)CC2)cc1N1CC[C@@H](N(C)C)C1. The number of hydrazone groups is 1. The van der Waals surface area contributed by atoms with Gasteiger partial charge in [-0.05, 0) is 76.0 Å². The van der Waals surface area contributed by atoms with Crippen LogP contribution in [0.1, 0.15) is 43.2 Å². The average molecular weight is 486 g/mol. The summed E-state index contributed by atoms with van der Waals surface area (Å²) in [5.74, 6) is -0.158. The Labute approximate surface area is 206 Å². The zero-order valence-electron chi connectivity index (χ0n) is 20.1. The van der Waals surface area contributed by atoms with Crippen LogP contribution in [-0.2, 0) is 0 Å². The quantitative estimate of drug-likeness (QED) is 0.363. The lowest BCUT2D eigenvalue weighted by atomic mass is 9.89. The van der Waals surface area contributed by atoms with Gasteiger partial charge in [-0.3, -0.25) is 5.43 Å². The Balaban J connectivity index is 1.57. The summed E-state index contributed by atoms with van der Waals surface area (Å²) in [6.45, 7) is 5.02. The highest BCUT2D eigenvalue weighted by molar-refractivity contribution is 7.80. The molecule has 2 heterocycles. The number of anilines is 2. The summed E-state index contributed by atoms with van der Waals surface area (Å²) in [6, 6.07) is 10.9. The summed E-state index contributed by atoms with van der Waals surface area (Å²) in [5.41, 5.74) is 6.15. The van der Waals surface area contributed by atoms with E-state index in [-0.39, 0.29) is 11.6 Å². The molecule has 1 N–H and O–H groups in total. The molecular formula is C26H33F2N5S. The fraction of sp³-hybridized carbons (Fsp3) is 0.462. The Hall–Kier alpha value is -2.58.